The number of methoxy groups -OCH3 is 1. The fraction of sp³-hybridized carbons (Fsp3) is 0.0455. The van der Waals surface area contributed by atoms with Gasteiger partial charge in [0.15, 0.2) is 15.8 Å². The predicted octanol–water partition coefficient (Wildman–Crippen LogP) is 5.38. The summed E-state index contributed by atoms with van der Waals surface area (Å²) in [6.45, 7) is 0. The van der Waals surface area contributed by atoms with Crippen molar-refractivity contribution in [1.29, 1.82) is 0 Å². The van der Waals surface area contributed by atoms with Gasteiger partial charge in [0.1, 0.15) is 4.88 Å². The van der Waals surface area contributed by atoms with E-state index in [2.05, 4.69) is 0 Å². The van der Waals surface area contributed by atoms with Gasteiger partial charge in [-0.3, -0.25) is 9.69 Å². The van der Waals surface area contributed by atoms with E-state index in [0.717, 1.165) is 11.3 Å². The van der Waals surface area contributed by atoms with Crippen molar-refractivity contribution in [3.8, 4) is 11.5 Å². The van der Waals surface area contributed by atoms with E-state index in [1.165, 1.54) is 35.1 Å². The minimum Gasteiger partial charge on any atom is -0.493 e. The van der Waals surface area contributed by atoms with Gasteiger partial charge in [0, 0.05) is 0 Å². The zero-order chi connectivity index (χ0) is 21.1. The van der Waals surface area contributed by atoms with E-state index < -0.39 is 5.97 Å². The lowest BCUT2D eigenvalue weighted by molar-refractivity contribution is -0.113. The number of rotatable bonds is 5. The number of thioether (sulfide) groups is 1. The molecule has 0 aliphatic carbocycles. The molecule has 30 heavy (non-hydrogen) atoms. The van der Waals surface area contributed by atoms with Gasteiger partial charge in [0.05, 0.1) is 17.7 Å². The second-order valence-corrected chi connectivity index (χ2v) is 8.75. The van der Waals surface area contributed by atoms with Crippen LogP contribution in [0.4, 0.5) is 5.69 Å². The lowest BCUT2D eigenvalue weighted by Gasteiger charge is -2.13. The van der Waals surface area contributed by atoms with Gasteiger partial charge < -0.3 is 9.47 Å². The smallest absolute Gasteiger partial charge is 0.353 e. The van der Waals surface area contributed by atoms with Gasteiger partial charge in [-0.2, -0.15) is 0 Å². The Morgan fingerprint density at radius 1 is 1.07 bits per heavy atom. The number of amides is 1. The van der Waals surface area contributed by atoms with E-state index in [1.54, 1.807) is 36.4 Å². The Morgan fingerprint density at radius 3 is 2.57 bits per heavy atom. The van der Waals surface area contributed by atoms with Crippen LogP contribution in [0.3, 0.4) is 0 Å². The topological polar surface area (TPSA) is 55.8 Å². The Morgan fingerprint density at radius 2 is 1.87 bits per heavy atom. The lowest BCUT2D eigenvalue weighted by atomic mass is 10.2. The number of thiophene rings is 1. The summed E-state index contributed by atoms with van der Waals surface area (Å²) in [6, 6.07) is 17.9. The normalized spacial score (nSPS) is 15.0. The highest BCUT2D eigenvalue weighted by Crippen LogP contribution is 2.37. The first kappa shape index (κ1) is 20.3. The average Bonchev–Trinajstić information content (AvgIpc) is 3.38. The average molecular weight is 454 g/mol. The summed E-state index contributed by atoms with van der Waals surface area (Å²) < 4.78 is 11.3. The van der Waals surface area contributed by atoms with Gasteiger partial charge in [-0.25, -0.2) is 4.79 Å². The molecule has 0 spiro atoms. The van der Waals surface area contributed by atoms with E-state index in [9.17, 15) is 9.59 Å². The van der Waals surface area contributed by atoms with Crippen molar-refractivity contribution >= 4 is 63.3 Å². The lowest BCUT2D eigenvalue weighted by Crippen LogP contribution is -2.27. The number of benzene rings is 2. The molecule has 1 aliphatic heterocycles. The van der Waals surface area contributed by atoms with Crippen molar-refractivity contribution in [3.63, 3.8) is 0 Å². The number of nitrogens with zero attached hydrogens (tertiary/aromatic N) is 1. The third-order valence-electron chi connectivity index (χ3n) is 4.22. The van der Waals surface area contributed by atoms with Crippen LogP contribution in [0.5, 0.6) is 11.5 Å². The third kappa shape index (κ3) is 4.16. The van der Waals surface area contributed by atoms with E-state index in [1.807, 2.05) is 35.7 Å². The fourth-order valence-electron chi connectivity index (χ4n) is 2.82. The number of thiocarbonyl (C=S) groups is 1. The molecule has 0 unspecified atom stereocenters. The molecule has 0 radical (unpaired) electrons. The second kappa shape index (κ2) is 8.83. The highest BCUT2D eigenvalue weighted by Gasteiger charge is 2.33. The van der Waals surface area contributed by atoms with E-state index in [4.69, 9.17) is 21.7 Å². The van der Waals surface area contributed by atoms with Crippen LogP contribution in [0.2, 0.25) is 0 Å². The molecular formula is C22H15NO4S3. The molecule has 0 atom stereocenters. The van der Waals surface area contributed by atoms with E-state index in [0.29, 0.717) is 25.6 Å². The van der Waals surface area contributed by atoms with Gasteiger partial charge >= 0.3 is 5.97 Å². The number of hydrogen-bond donors (Lipinski definition) is 0. The molecule has 1 amide bonds. The molecule has 0 N–H and O–H groups in total. The van der Waals surface area contributed by atoms with E-state index in [-0.39, 0.29) is 5.91 Å². The number of hydrogen-bond acceptors (Lipinski definition) is 7. The van der Waals surface area contributed by atoms with Crippen LogP contribution >= 0.6 is 35.3 Å². The summed E-state index contributed by atoms with van der Waals surface area (Å²) in [6.07, 6.45) is 1.75. The SMILES string of the molecule is COc1cc(/C=C2\SC(=S)N(c3ccccc3)C2=O)ccc1OC(=O)c1cccs1. The monoisotopic (exact) mass is 453 g/mol. The van der Waals surface area contributed by atoms with Crippen LogP contribution in [0.1, 0.15) is 15.2 Å². The molecule has 3 aromatic rings. The van der Waals surface area contributed by atoms with Gasteiger partial charge in [-0.15, -0.1) is 11.3 Å². The van der Waals surface area contributed by atoms with Crippen molar-refractivity contribution in [2.45, 2.75) is 0 Å². The summed E-state index contributed by atoms with van der Waals surface area (Å²) >= 11 is 7.94. The maximum absolute atomic E-state index is 12.9. The van der Waals surface area contributed by atoms with Gasteiger partial charge in [-0.05, 0) is 47.4 Å². The molecule has 1 aromatic heterocycles. The zero-order valence-electron chi connectivity index (χ0n) is 15.7. The molecule has 4 rings (SSSR count). The van der Waals surface area contributed by atoms with Crippen LogP contribution < -0.4 is 14.4 Å². The summed E-state index contributed by atoms with van der Waals surface area (Å²) in [5.41, 5.74) is 1.47. The molecule has 1 fully saturated rings. The first-order valence-corrected chi connectivity index (χ1v) is 10.9. The van der Waals surface area contributed by atoms with Crippen molar-refractivity contribution in [3.05, 3.63) is 81.4 Å². The first-order valence-electron chi connectivity index (χ1n) is 8.83. The molecular weight excluding hydrogens is 438 g/mol. The Hall–Kier alpha value is -2.94. The van der Waals surface area contributed by atoms with Gasteiger partial charge in [0.2, 0.25) is 0 Å². The van der Waals surface area contributed by atoms with Crippen molar-refractivity contribution in [2.24, 2.45) is 0 Å². The minimum absolute atomic E-state index is 0.177. The number of carbonyl (C=O) groups is 2. The molecule has 2 heterocycles. The second-order valence-electron chi connectivity index (χ2n) is 6.13. The number of esters is 1. The molecule has 8 heteroatoms. The van der Waals surface area contributed by atoms with Crippen LogP contribution in [0, 0.1) is 0 Å². The maximum Gasteiger partial charge on any atom is 0.353 e. The van der Waals surface area contributed by atoms with Crippen molar-refractivity contribution in [1.82, 2.24) is 0 Å². The molecule has 5 nitrogen and oxygen atoms in total. The van der Waals surface area contributed by atoms with Crippen molar-refractivity contribution < 1.29 is 19.1 Å². The summed E-state index contributed by atoms with van der Waals surface area (Å²) in [5, 5.41) is 1.81. The molecule has 1 saturated heterocycles. The number of ether oxygens (including phenoxy) is 2. The number of carbonyl (C=O) groups excluding carboxylic acids is 2. The van der Waals surface area contributed by atoms with Crippen LogP contribution in [0.15, 0.2) is 70.9 Å². The molecule has 0 bridgehead atoms. The molecule has 150 valence electrons. The standard InChI is InChI=1S/C22H15NO4S3/c1-26-17-12-14(9-10-16(17)27-21(25)18-8-5-11-29-18)13-19-20(24)23(22(28)30-19)15-6-3-2-4-7-15/h2-13H,1H3/b19-13-. The summed E-state index contributed by atoms with van der Waals surface area (Å²) in [7, 11) is 1.50. The Labute approximate surface area is 186 Å². The minimum atomic E-state index is -0.445. The fourth-order valence-corrected chi connectivity index (χ4v) is 4.72. The predicted molar refractivity (Wildman–Crippen MR) is 124 cm³/mol. The number of anilines is 1. The Bertz CT molecular complexity index is 1140. The maximum atomic E-state index is 12.9. The summed E-state index contributed by atoms with van der Waals surface area (Å²) in [4.78, 5) is 27.6. The van der Waals surface area contributed by atoms with E-state index >= 15 is 0 Å². The van der Waals surface area contributed by atoms with Gasteiger partial charge in [0.25, 0.3) is 5.91 Å². The highest BCUT2D eigenvalue weighted by atomic mass is 32.2. The highest BCUT2D eigenvalue weighted by molar-refractivity contribution is 8.27. The Balaban J connectivity index is 1.57. The van der Waals surface area contributed by atoms with Gasteiger partial charge in [-0.1, -0.05) is 54.3 Å². The molecule has 1 aliphatic rings. The quantitative estimate of drug-likeness (QED) is 0.224. The number of para-hydroxylation sites is 1. The first-order chi connectivity index (χ1) is 14.6. The largest absolute Gasteiger partial charge is 0.493 e. The van der Waals surface area contributed by atoms with Crippen LogP contribution in [-0.2, 0) is 4.79 Å². The van der Waals surface area contributed by atoms with Crippen molar-refractivity contribution in [2.75, 3.05) is 12.0 Å². The molecule has 0 saturated carbocycles. The van der Waals surface area contributed by atoms with Crippen LogP contribution in [-0.4, -0.2) is 23.3 Å². The van der Waals surface area contributed by atoms with Crippen LogP contribution in [0.25, 0.3) is 6.08 Å². The third-order valence-corrected chi connectivity index (χ3v) is 6.37. The molecule has 2 aromatic carbocycles. The summed E-state index contributed by atoms with van der Waals surface area (Å²) in [5.74, 6) is 0.0835. The zero-order valence-corrected chi connectivity index (χ0v) is 18.2. The Kier molecular flexibility index (Phi) is 5.98.